The first-order valence-electron chi connectivity index (χ1n) is 7.33. The van der Waals surface area contributed by atoms with Gasteiger partial charge in [0.15, 0.2) is 0 Å². The summed E-state index contributed by atoms with van der Waals surface area (Å²) in [4.78, 5) is 13.9. The second-order valence-corrected chi connectivity index (χ2v) is 6.01. The van der Waals surface area contributed by atoms with E-state index < -0.39 is 6.10 Å². The van der Waals surface area contributed by atoms with Crippen LogP contribution in [0.25, 0.3) is 0 Å². The fraction of sp³-hybridized carbons (Fsp3) is 0.929. The highest BCUT2D eigenvalue weighted by atomic mass is 16.3. The Bertz CT molecular complexity index is 271. The van der Waals surface area contributed by atoms with Gasteiger partial charge in [-0.25, -0.2) is 0 Å². The molecule has 0 spiro atoms. The SMILES string of the molecule is CC1CCN(CC(O)CNC(=O)C2CCC2)CC1. The van der Waals surface area contributed by atoms with Crippen molar-refractivity contribution in [1.82, 2.24) is 10.2 Å². The molecule has 1 aliphatic carbocycles. The number of rotatable bonds is 5. The van der Waals surface area contributed by atoms with Gasteiger partial charge in [0.25, 0.3) is 0 Å². The van der Waals surface area contributed by atoms with Gasteiger partial charge in [-0.05, 0) is 44.7 Å². The van der Waals surface area contributed by atoms with E-state index in [4.69, 9.17) is 0 Å². The summed E-state index contributed by atoms with van der Waals surface area (Å²) in [5.74, 6) is 1.16. The minimum Gasteiger partial charge on any atom is -0.390 e. The van der Waals surface area contributed by atoms with E-state index >= 15 is 0 Å². The summed E-state index contributed by atoms with van der Waals surface area (Å²) < 4.78 is 0. The number of carbonyl (C=O) groups is 1. The molecular formula is C14H26N2O2. The zero-order valence-corrected chi connectivity index (χ0v) is 11.4. The van der Waals surface area contributed by atoms with Crippen LogP contribution in [-0.2, 0) is 4.79 Å². The van der Waals surface area contributed by atoms with E-state index in [0.717, 1.165) is 31.8 Å². The first-order valence-corrected chi connectivity index (χ1v) is 7.33. The van der Waals surface area contributed by atoms with Gasteiger partial charge in [0.2, 0.25) is 5.91 Å². The molecule has 0 aromatic carbocycles. The molecule has 0 radical (unpaired) electrons. The van der Waals surface area contributed by atoms with E-state index in [1.807, 2.05) is 0 Å². The number of nitrogens with one attached hydrogen (secondary N) is 1. The van der Waals surface area contributed by atoms with Gasteiger partial charge in [0, 0.05) is 19.0 Å². The van der Waals surface area contributed by atoms with Crippen LogP contribution in [0.3, 0.4) is 0 Å². The quantitative estimate of drug-likeness (QED) is 0.769. The summed E-state index contributed by atoms with van der Waals surface area (Å²) >= 11 is 0. The van der Waals surface area contributed by atoms with Crippen LogP contribution in [0.15, 0.2) is 0 Å². The van der Waals surface area contributed by atoms with E-state index in [9.17, 15) is 9.90 Å². The smallest absolute Gasteiger partial charge is 0.223 e. The molecule has 0 aromatic rings. The number of carbonyl (C=O) groups excluding carboxylic acids is 1. The lowest BCUT2D eigenvalue weighted by molar-refractivity contribution is -0.127. The maximum Gasteiger partial charge on any atom is 0.223 e. The Labute approximate surface area is 110 Å². The number of piperidine rings is 1. The second kappa shape index (κ2) is 6.53. The van der Waals surface area contributed by atoms with Gasteiger partial charge in [-0.1, -0.05) is 13.3 Å². The van der Waals surface area contributed by atoms with Crippen molar-refractivity contribution >= 4 is 5.91 Å². The minimum absolute atomic E-state index is 0.132. The second-order valence-electron chi connectivity index (χ2n) is 6.01. The normalized spacial score (nSPS) is 24.6. The molecule has 104 valence electrons. The van der Waals surface area contributed by atoms with Crippen LogP contribution in [-0.4, -0.2) is 48.2 Å². The molecule has 2 rings (SSSR count). The van der Waals surface area contributed by atoms with E-state index in [1.54, 1.807) is 0 Å². The minimum atomic E-state index is -0.428. The molecule has 0 bridgehead atoms. The highest BCUT2D eigenvalue weighted by Crippen LogP contribution is 2.26. The summed E-state index contributed by atoms with van der Waals surface area (Å²) in [5, 5.41) is 12.8. The van der Waals surface area contributed by atoms with Crippen LogP contribution in [0.4, 0.5) is 0 Å². The fourth-order valence-corrected chi connectivity index (χ4v) is 2.64. The average Bonchev–Trinajstić information content (AvgIpc) is 2.27. The topological polar surface area (TPSA) is 52.6 Å². The van der Waals surface area contributed by atoms with Crippen molar-refractivity contribution in [3.8, 4) is 0 Å². The van der Waals surface area contributed by atoms with Crippen LogP contribution < -0.4 is 5.32 Å². The third-order valence-electron chi connectivity index (χ3n) is 4.33. The van der Waals surface area contributed by atoms with Gasteiger partial charge >= 0.3 is 0 Å². The Kier molecular flexibility index (Phi) is 5.01. The Hall–Kier alpha value is -0.610. The Morgan fingerprint density at radius 2 is 2.00 bits per heavy atom. The fourth-order valence-electron chi connectivity index (χ4n) is 2.64. The van der Waals surface area contributed by atoms with Gasteiger partial charge in [0.1, 0.15) is 0 Å². The number of likely N-dealkylation sites (tertiary alicyclic amines) is 1. The van der Waals surface area contributed by atoms with Crippen molar-refractivity contribution < 1.29 is 9.90 Å². The van der Waals surface area contributed by atoms with Crippen LogP contribution in [0.5, 0.6) is 0 Å². The molecule has 1 saturated heterocycles. The molecule has 1 atom stereocenters. The van der Waals surface area contributed by atoms with E-state index in [0.29, 0.717) is 13.1 Å². The molecule has 1 saturated carbocycles. The molecule has 2 N–H and O–H groups in total. The third kappa shape index (κ3) is 3.95. The lowest BCUT2D eigenvalue weighted by Gasteiger charge is -2.32. The molecule has 4 nitrogen and oxygen atoms in total. The Balaban J connectivity index is 1.59. The lowest BCUT2D eigenvalue weighted by Crippen LogP contribution is -2.44. The molecule has 1 heterocycles. The lowest BCUT2D eigenvalue weighted by atomic mass is 9.85. The predicted octanol–water partition coefficient (Wildman–Crippen LogP) is 0.995. The van der Waals surface area contributed by atoms with E-state index in [1.165, 1.54) is 19.3 Å². The number of aliphatic hydroxyl groups excluding tert-OH is 1. The van der Waals surface area contributed by atoms with Crippen molar-refractivity contribution in [2.24, 2.45) is 11.8 Å². The Morgan fingerprint density at radius 3 is 2.56 bits per heavy atom. The van der Waals surface area contributed by atoms with Gasteiger partial charge in [-0.3, -0.25) is 4.79 Å². The van der Waals surface area contributed by atoms with Gasteiger partial charge in [-0.2, -0.15) is 0 Å². The van der Waals surface area contributed by atoms with Crippen molar-refractivity contribution in [2.45, 2.75) is 45.1 Å². The summed E-state index contributed by atoms with van der Waals surface area (Å²) in [6, 6.07) is 0. The highest BCUT2D eigenvalue weighted by Gasteiger charge is 2.25. The molecule has 2 aliphatic rings. The number of amides is 1. The largest absolute Gasteiger partial charge is 0.390 e. The maximum atomic E-state index is 11.6. The van der Waals surface area contributed by atoms with E-state index in [-0.39, 0.29) is 11.8 Å². The maximum absolute atomic E-state index is 11.6. The average molecular weight is 254 g/mol. The number of nitrogens with zero attached hydrogens (tertiary/aromatic N) is 1. The summed E-state index contributed by atoms with van der Waals surface area (Å²) in [5.41, 5.74) is 0. The molecular weight excluding hydrogens is 228 g/mol. The highest BCUT2D eigenvalue weighted by molar-refractivity contribution is 5.79. The number of hydrogen-bond acceptors (Lipinski definition) is 3. The molecule has 1 unspecified atom stereocenters. The predicted molar refractivity (Wildman–Crippen MR) is 71.2 cm³/mol. The first kappa shape index (κ1) is 13.8. The molecule has 0 aromatic heterocycles. The molecule has 1 aliphatic heterocycles. The molecule has 18 heavy (non-hydrogen) atoms. The van der Waals surface area contributed by atoms with Gasteiger partial charge < -0.3 is 15.3 Å². The van der Waals surface area contributed by atoms with Crippen LogP contribution in [0.2, 0.25) is 0 Å². The Morgan fingerprint density at radius 1 is 1.33 bits per heavy atom. The summed E-state index contributed by atoms with van der Waals surface area (Å²) in [6.45, 7) is 5.54. The zero-order valence-electron chi connectivity index (χ0n) is 11.4. The first-order chi connectivity index (χ1) is 8.65. The standard InChI is InChI=1S/C14H26N2O2/c1-11-5-7-16(8-6-11)10-13(17)9-15-14(18)12-3-2-4-12/h11-13,17H,2-10H2,1H3,(H,15,18). The molecule has 2 fully saturated rings. The van der Waals surface area contributed by atoms with Crippen molar-refractivity contribution in [2.75, 3.05) is 26.2 Å². The van der Waals surface area contributed by atoms with Crippen molar-refractivity contribution in [1.29, 1.82) is 0 Å². The van der Waals surface area contributed by atoms with Crippen molar-refractivity contribution in [3.63, 3.8) is 0 Å². The number of β-amino-alcohol motifs (C(OH)–C–C–N with tert-alkyl or cyclic N) is 1. The summed E-state index contributed by atoms with van der Waals surface area (Å²) in [7, 11) is 0. The van der Waals surface area contributed by atoms with Gasteiger partial charge in [-0.15, -0.1) is 0 Å². The molecule has 4 heteroatoms. The number of aliphatic hydroxyl groups is 1. The van der Waals surface area contributed by atoms with E-state index in [2.05, 4.69) is 17.1 Å². The van der Waals surface area contributed by atoms with Gasteiger partial charge in [0.05, 0.1) is 6.10 Å². The monoisotopic (exact) mass is 254 g/mol. The van der Waals surface area contributed by atoms with Crippen LogP contribution in [0.1, 0.15) is 39.0 Å². The molecule has 1 amide bonds. The zero-order chi connectivity index (χ0) is 13.0. The van der Waals surface area contributed by atoms with Crippen LogP contribution in [0, 0.1) is 11.8 Å². The number of hydrogen-bond donors (Lipinski definition) is 2. The summed E-state index contributed by atoms with van der Waals surface area (Å²) in [6.07, 6.45) is 5.23. The van der Waals surface area contributed by atoms with Crippen LogP contribution >= 0.6 is 0 Å². The third-order valence-corrected chi connectivity index (χ3v) is 4.33. The van der Waals surface area contributed by atoms with Crippen molar-refractivity contribution in [3.05, 3.63) is 0 Å².